The van der Waals surface area contributed by atoms with E-state index in [1.807, 2.05) is 6.92 Å². The Morgan fingerprint density at radius 1 is 1.43 bits per heavy atom. The number of carbonyl (C=O) groups excluding carboxylic acids is 1. The summed E-state index contributed by atoms with van der Waals surface area (Å²) < 4.78 is 10.5. The molecule has 1 atom stereocenters. The molecule has 1 aliphatic heterocycles. The molecule has 7 heteroatoms. The zero-order chi connectivity index (χ0) is 15.0. The molecule has 3 rings (SSSR count). The molecule has 1 saturated heterocycles. The highest BCUT2D eigenvalue weighted by Crippen LogP contribution is 2.22. The molecule has 1 fully saturated rings. The first kappa shape index (κ1) is 13.6. The lowest BCUT2D eigenvalue weighted by Gasteiger charge is -2.22. The van der Waals surface area contributed by atoms with Gasteiger partial charge in [0.05, 0.1) is 6.61 Å². The van der Waals surface area contributed by atoms with Gasteiger partial charge in [-0.1, -0.05) is 0 Å². The van der Waals surface area contributed by atoms with Crippen LogP contribution in [0.4, 0.5) is 0 Å². The summed E-state index contributed by atoms with van der Waals surface area (Å²) in [5.74, 6) is -1.66. The second-order valence-corrected chi connectivity index (χ2v) is 5.09. The molecule has 0 aliphatic carbocycles. The lowest BCUT2D eigenvalue weighted by Crippen LogP contribution is -2.55. The monoisotopic (exact) mass is 290 g/mol. The van der Waals surface area contributed by atoms with Gasteiger partial charge in [-0.2, -0.15) is 0 Å². The van der Waals surface area contributed by atoms with Gasteiger partial charge in [0.1, 0.15) is 5.52 Å². The van der Waals surface area contributed by atoms with Crippen molar-refractivity contribution in [3.8, 4) is 0 Å². The van der Waals surface area contributed by atoms with Crippen molar-refractivity contribution in [3.63, 3.8) is 0 Å². The molecule has 1 aliphatic rings. The van der Waals surface area contributed by atoms with E-state index in [4.69, 9.17) is 9.15 Å². The predicted octanol–water partition coefficient (Wildman–Crippen LogP) is 1.11. The largest absolute Gasteiger partial charge is 0.479 e. The molecule has 2 aromatic heterocycles. The van der Waals surface area contributed by atoms with Gasteiger partial charge < -0.3 is 19.6 Å². The number of furan rings is 1. The first-order chi connectivity index (χ1) is 10.00. The van der Waals surface area contributed by atoms with E-state index in [-0.39, 0.29) is 18.8 Å². The topological polar surface area (TPSA) is 102 Å². The van der Waals surface area contributed by atoms with E-state index < -0.39 is 17.4 Å². The molecule has 1 unspecified atom stereocenters. The predicted molar refractivity (Wildman–Crippen MR) is 72.0 cm³/mol. The Kier molecular flexibility index (Phi) is 3.13. The summed E-state index contributed by atoms with van der Waals surface area (Å²) in [4.78, 5) is 27.8. The summed E-state index contributed by atoms with van der Waals surface area (Å²) in [6.45, 7) is 2.08. The zero-order valence-electron chi connectivity index (χ0n) is 11.4. The van der Waals surface area contributed by atoms with Gasteiger partial charge in [0.25, 0.3) is 5.91 Å². The number of rotatable bonds is 3. The number of aliphatic carboxylic acids is 1. The van der Waals surface area contributed by atoms with Gasteiger partial charge in [0, 0.05) is 24.8 Å². The molecule has 7 nitrogen and oxygen atoms in total. The van der Waals surface area contributed by atoms with Crippen molar-refractivity contribution in [1.29, 1.82) is 0 Å². The van der Waals surface area contributed by atoms with Crippen LogP contribution in [0.15, 0.2) is 22.6 Å². The number of aryl methyl sites for hydroxylation is 1. The van der Waals surface area contributed by atoms with Crippen molar-refractivity contribution in [2.24, 2.45) is 0 Å². The number of nitrogens with one attached hydrogen (secondary N) is 1. The molecule has 0 saturated carbocycles. The first-order valence-corrected chi connectivity index (χ1v) is 6.51. The van der Waals surface area contributed by atoms with Gasteiger partial charge in [-0.3, -0.25) is 4.79 Å². The van der Waals surface area contributed by atoms with E-state index in [2.05, 4.69) is 10.3 Å². The number of fused-ring (bicyclic) bond motifs is 1. The number of hydrogen-bond donors (Lipinski definition) is 2. The number of carboxylic acid groups (broad SMARTS) is 1. The van der Waals surface area contributed by atoms with Crippen LogP contribution in [0.1, 0.15) is 22.7 Å². The minimum absolute atomic E-state index is 0.0376. The van der Waals surface area contributed by atoms with Crippen LogP contribution in [-0.2, 0) is 9.53 Å². The molecule has 3 heterocycles. The number of amides is 1. The van der Waals surface area contributed by atoms with Gasteiger partial charge in [-0.15, -0.1) is 0 Å². The quantitative estimate of drug-likeness (QED) is 0.878. The Hall–Kier alpha value is -2.41. The van der Waals surface area contributed by atoms with Gasteiger partial charge in [-0.25, -0.2) is 9.78 Å². The molecular weight excluding hydrogens is 276 g/mol. The van der Waals surface area contributed by atoms with Gasteiger partial charge in [0.15, 0.2) is 16.9 Å². The Labute approximate surface area is 119 Å². The number of ether oxygens (including phenoxy) is 1. The molecule has 0 radical (unpaired) electrons. The summed E-state index contributed by atoms with van der Waals surface area (Å²) in [6.07, 6.45) is 0.228. The Bertz CT molecular complexity index is 715. The van der Waals surface area contributed by atoms with Crippen LogP contribution in [0.5, 0.6) is 0 Å². The van der Waals surface area contributed by atoms with Crippen molar-refractivity contribution < 1.29 is 23.8 Å². The number of aromatic nitrogens is 1. The molecule has 0 aromatic carbocycles. The molecule has 0 spiro atoms. The van der Waals surface area contributed by atoms with E-state index in [9.17, 15) is 14.7 Å². The maximum Gasteiger partial charge on any atom is 0.331 e. The van der Waals surface area contributed by atoms with Gasteiger partial charge in [0.2, 0.25) is 0 Å². The second kappa shape index (κ2) is 4.85. The first-order valence-electron chi connectivity index (χ1n) is 6.51. The number of carboxylic acids is 1. The van der Waals surface area contributed by atoms with Crippen LogP contribution in [0.3, 0.4) is 0 Å². The van der Waals surface area contributed by atoms with Crippen LogP contribution in [0, 0.1) is 6.92 Å². The highest BCUT2D eigenvalue weighted by atomic mass is 16.5. The van der Waals surface area contributed by atoms with Crippen molar-refractivity contribution >= 4 is 23.0 Å². The highest BCUT2D eigenvalue weighted by molar-refractivity contribution is 5.98. The van der Waals surface area contributed by atoms with Crippen LogP contribution in [-0.4, -0.2) is 40.7 Å². The summed E-state index contributed by atoms with van der Waals surface area (Å²) in [5, 5.41) is 11.8. The van der Waals surface area contributed by atoms with Crippen LogP contribution in [0.25, 0.3) is 11.1 Å². The van der Waals surface area contributed by atoms with E-state index in [0.29, 0.717) is 17.7 Å². The average molecular weight is 290 g/mol. The third-order valence-electron chi connectivity index (χ3n) is 3.52. The van der Waals surface area contributed by atoms with Crippen LogP contribution < -0.4 is 5.32 Å². The molecular formula is C14H14N2O5. The molecule has 2 aromatic rings. The van der Waals surface area contributed by atoms with Crippen LogP contribution >= 0.6 is 0 Å². The van der Waals surface area contributed by atoms with E-state index in [1.165, 1.54) is 6.07 Å². The van der Waals surface area contributed by atoms with Gasteiger partial charge in [-0.05, 0) is 19.1 Å². The number of pyridine rings is 1. The summed E-state index contributed by atoms with van der Waals surface area (Å²) in [6, 6.07) is 5.00. The van der Waals surface area contributed by atoms with Crippen molar-refractivity contribution in [2.75, 3.05) is 13.2 Å². The van der Waals surface area contributed by atoms with Crippen molar-refractivity contribution in [1.82, 2.24) is 10.3 Å². The maximum atomic E-state index is 12.2. The number of hydrogen-bond acceptors (Lipinski definition) is 5. The molecule has 2 N–H and O–H groups in total. The standard InChI is InChI=1S/C14H14N2O5/c1-8-2-3-10-9(15-8)6-11(21-10)12(17)16-14(13(18)19)4-5-20-7-14/h2-3,6H,4-5,7H2,1H3,(H,16,17)(H,18,19). The summed E-state index contributed by atoms with van der Waals surface area (Å²) in [7, 11) is 0. The van der Waals surface area contributed by atoms with Crippen LogP contribution in [0.2, 0.25) is 0 Å². The maximum absolute atomic E-state index is 12.2. The van der Waals surface area contributed by atoms with E-state index >= 15 is 0 Å². The Morgan fingerprint density at radius 3 is 2.90 bits per heavy atom. The second-order valence-electron chi connectivity index (χ2n) is 5.09. The third-order valence-corrected chi connectivity index (χ3v) is 3.52. The third kappa shape index (κ3) is 2.36. The fourth-order valence-corrected chi connectivity index (χ4v) is 2.30. The molecule has 21 heavy (non-hydrogen) atoms. The Morgan fingerprint density at radius 2 is 2.24 bits per heavy atom. The van der Waals surface area contributed by atoms with Crippen molar-refractivity contribution in [2.45, 2.75) is 18.9 Å². The van der Waals surface area contributed by atoms with E-state index in [1.54, 1.807) is 12.1 Å². The van der Waals surface area contributed by atoms with Crippen molar-refractivity contribution in [3.05, 3.63) is 29.7 Å². The van der Waals surface area contributed by atoms with E-state index in [0.717, 1.165) is 5.69 Å². The SMILES string of the molecule is Cc1ccc2oc(C(=O)NC3(C(=O)O)CCOC3)cc2n1. The smallest absolute Gasteiger partial charge is 0.331 e. The number of carbonyl (C=O) groups is 2. The molecule has 0 bridgehead atoms. The van der Waals surface area contributed by atoms with Gasteiger partial charge >= 0.3 is 5.97 Å². The lowest BCUT2D eigenvalue weighted by molar-refractivity contribution is -0.144. The lowest BCUT2D eigenvalue weighted by atomic mass is 9.99. The minimum Gasteiger partial charge on any atom is -0.479 e. The zero-order valence-corrected chi connectivity index (χ0v) is 11.4. The molecule has 110 valence electrons. The summed E-state index contributed by atoms with van der Waals surface area (Å²) in [5.41, 5.74) is 0.464. The molecule has 1 amide bonds. The summed E-state index contributed by atoms with van der Waals surface area (Å²) >= 11 is 0. The fraction of sp³-hybridized carbons (Fsp3) is 0.357. The Balaban J connectivity index is 1.88. The highest BCUT2D eigenvalue weighted by Gasteiger charge is 2.44. The minimum atomic E-state index is -1.39. The fourth-order valence-electron chi connectivity index (χ4n) is 2.30. The average Bonchev–Trinajstić information content (AvgIpc) is 3.05. The normalized spacial score (nSPS) is 21.6. The number of nitrogens with zero attached hydrogens (tertiary/aromatic N) is 1.